The Kier molecular flexibility index (Phi) is 4.49. The van der Waals surface area contributed by atoms with E-state index in [4.69, 9.17) is 0 Å². The monoisotopic (exact) mass is 290 g/mol. The van der Waals surface area contributed by atoms with Crippen LogP contribution < -0.4 is 5.32 Å². The Bertz CT molecular complexity index is 397. The molecule has 0 amide bonds. The number of halogens is 6. The molecule has 1 N–H and O–H groups in total. The van der Waals surface area contributed by atoms with E-state index in [9.17, 15) is 26.3 Å². The number of oxazole rings is 1. The molecule has 110 valence electrons. The number of alkyl halides is 6. The molecule has 0 radical (unpaired) electrons. The van der Waals surface area contributed by atoms with Crippen molar-refractivity contribution >= 4 is 0 Å². The van der Waals surface area contributed by atoms with Gasteiger partial charge in [-0.3, -0.25) is 0 Å². The molecule has 0 fully saturated rings. The van der Waals surface area contributed by atoms with Crippen molar-refractivity contribution in [2.24, 2.45) is 0 Å². The topological polar surface area (TPSA) is 38.1 Å². The van der Waals surface area contributed by atoms with E-state index in [1.54, 1.807) is 6.92 Å². The van der Waals surface area contributed by atoms with Crippen LogP contribution in [0.3, 0.4) is 0 Å². The SMILES string of the molecule is CCNC(C)c1ncc(C(C(F)(F)F)C(F)(F)F)o1. The van der Waals surface area contributed by atoms with Crippen molar-refractivity contribution in [1.29, 1.82) is 0 Å². The minimum Gasteiger partial charge on any atom is -0.443 e. The van der Waals surface area contributed by atoms with Crippen molar-refractivity contribution < 1.29 is 30.8 Å². The van der Waals surface area contributed by atoms with Crippen LogP contribution in [-0.2, 0) is 0 Å². The van der Waals surface area contributed by atoms with Crippen LogP contribution in [0.15, 0.2) is 10.6 Å². The summed E-state index contributed by atoms with van der Waals surface area (Å²) in [7, 11) is 0. The summed E-state index contributed by atoms with van der Waals surface area (Å²) in [6.07, 6.45) is -10.5. The molecule has 1 rings (SSSR count). The van der Waals surface area contributed by atoms with Crippen molar-refractivity contribution in [1.82, 2.24) is 10.3 Å². The predicted octanol–water partition coefficient (Wildman–Crippen LogP) is 3.55. The molecule has 0 aliphatic heterocycles. The molecule has 0 saturated carbocycles. The summed E-state index contributed by atoms with van der Waals surface area (Å²) in [6.45, 7) is 3.73. The third-order valence-corrected chi connectivity index (χ3v) is 2.36. The van der Waals surface area contributed by atoms with E-state index in [0.717, 1.165) is 0 Å². The lowest BCUT2D eigenvalue weighted by Gasteiger charge is -2.20. The quantitative estimate of drug-likeness (QED) is 0.862. The number of rotatable bonds is 4. The molecule has 19 heavy (non-hydrogen) atoms. The Morgan fingerprint density at radius 1 is 1.21 bits per heavy atom. The molecule has 0 bridgehead atoms. The fraction of sp³-hybridized carbons (Fsp3) is 0.700. The maximum Gasteiger partial charge on any atom is 0.407 e. The van der Waals surface area contributed by atoms with Gasteiger partial charge in [-0.2, -0.15) is 26.3 Å². The molecule has 1 heterocycles. The van der Waals surface area contributed by atoms with Crippen LogP contribution in [0, 0.1) is 0 Å². The van der Waals surface area contributed by atoms with Crippen molar-refractivity contribution in [3.05, 3.63) is 17.8 Å². The van der Waals surface area contributed by atoms with Gasteiger partial charge >= 0.3 is 12.4 Å². The summed E-state index contributed by atoms with van der Waals surface area (Å²) in [5.74, 6) is -5.12. The smallest absolute Gasteiger partial charge is 0.407 e. The molecule has 1 atom stereocenters. The van der Waals surface area contributed by atoms with Gasteiger partial charge in [-0.1, -0.05) is 6.92 Å². The van der Waals surface area contributed by atoms with Crippen LogP contribution in [0.25, 0.3) is 0 Å². The fourth-order valence-electron chi connectivity index (χ4n) is 1.54. The maximum absolute atomic E-state index is 12.4. The van der Waals surface area contributed by atoms with Crippen LogP contribution in [-0.4, -0.2) is 23.9 Å². The second-order valence-corrected chi connectivity index (χ2v) is 3.90. The Labute approximate surface area is 105 Å². The number of nitrogens with one attached hydrogen (secondary N) is 1. The Balaban J connectivity index is 3.06. The molecule has 1 aromatic rings. The van der Waals surface area contributed by atoms with Crippen LogP contribution in [0.1, 0.15) is 37.5 Å². The van der Waals surface area contributed by atoms with E-state index in [0.29, 0.717) is 12.7 Å². The largest absolute Gasteiger partial charge is 0.443 e. The van der Waals surface area contributed by atoms with Crippen LogP contribution in [0.2, 0.25) is 0 Å². The average molecular weight is 290 g/mol. The average Bonchev–Trinajstić information content (AvgIpc) is 2.62. The van der Waals surface area contributed by atoms with Gasteiger partial charge < -0.3 is 9.73 Å². The van der Waals surface area contributed by atoms with Crippen LogP contribution in [0.4, 0.5) is 26.3 Å². The van der Waals surface area contributed by atoms with Gasteiger partial charge in [-0.05, 0) is 13.5 Å². The molecule has 0 saturated heterocycles. The van der Waals surface area contributed by atoms with E-state index in [-0.39, 0.29) is 5.89 Å². The Hall–Kier alpha value is -1.25. The number of hydrogen-bond acceptors (Lipinski definition) is 3. The normalized spacial score (nSPS) is 15.0. The zero-order valence-corrected chi connectivity index (χ0v) is 10.1. The lowest BCUT2D eigenvalue weighted by atomic mass is 10.1. The van der Waals surface area contributed by atoms with Crippen molar-refractivity contribution in [2.45, 2.75) is 38.2 Å². The van der Waals surface area contributed by atoms with Gasteiger partial charge in [0.25, 0.3) is 0 Å². The highest BCUT2D eigenvalue weighted by molar-refractivity contribution is 5.09. The summed E-state index contributed by atoms with van der Waals surface area (Å²) in [6, 6.07) is -0.569. The molecule has 9 heteroatoms. The molecule has 1 aromatic heterocycles. The lowest BCUT2D eigenvalue weighted by Crippen LogP contribution is -2.33. The highest BCUT2D eigenvalue weighted by atomic mass is 19.4. The van der Waals surface area contributed by atoms with E-state index in [1.165, 1.54) is 6.92 Å². The summed E-state index contributed by atoms with van der Waals surface area (Å²) in [5, 5.41) is 2.77. The third kappa shape index (κ3) is 3.85. The highest BCUT2D eigenvalue weighted by Gasteiger charge is 2.59. The molecule has 3 nitrogen and oxygen atoms in total. The minimum absolute atomic E-state index is 0.213. The van der Waals surface area contributed by atoms with E-state index >= 15 is 0 Å². The predicted molar refractivity (Wildman–Crippen MR) is 53.4 cm³/mol. The van der Waals surface area contributed by atoms with Gasteiger partial charge in [0.05, 0.1) is 12.2 Å². The lowest BCUT2D eigenvalue weighted by molar-refractivity contribution is -0.257. The van der Waals surface area contributed by atoms with Gasteiger partial charge in [-0.15, -0.1) is 0 Å². The van der Waals surface area contributed by atoms with Gasteiger partial charge in [-0.25, -0.2) is 4.98 Å². The second kappa shape index (κ2) is 5.40. The standard InChI is InChI=1S/C10H12F6N2O/c1-3-17-5(2)8-18-4-6(19-8)7(9(11,12)13)10(14,15)16/h4-5,7,17H,3H2,1-2H3. The molecule has 0 aromatic carbocycles. The van der Waals surface area contributed by atoms with Crippen molar-refractivity contribution in [3.63, 3.8) is 0 Å². The first-order valence-corrected chi connectivity index (χ1v) is 5.39. The fourth-order valence-corrected chi connectivity index (χ4v) is 1.54. The first-order chi connectivity index (χ1) is 8.57. The van der Waals surface area contributed by atoms with Gasteiger partial charge in [0.2, 0.25) is 11.8 Å². The number of nitrogens with zero attached hydrogens (tertiary/aromatic N) is 1. The van der Waals surface area contributed by atoms with Crippen LogP contribution >= 0.6 is 0 Å². The van der Waals surface area contributed by atoms with Gasteiger partial charge in [0.15, 0.2) is 0 Å². The Morgan fingerprint density at radius 2 is 1.74 bits per heavy atom. The van der Waals surface area contributed by atoms with E-state index in [2.05, 4.69) is 14.7 Å². The molecular weight excluding hydrogens is 278 g/mol. The highest BCUT2D eigenvalue weighted by Crippen LogP contribution is 2.46. The zero-order chi connectivity index (χ0) is 14.8. The first kappa shape index (κ1) is 15.8. The van der Waals surface area contributed by atoms with Crippen molar-refractivity contribution in [3.8, 4) is 0 Å². The number of aromatic nitrogens is 1. The van der Waals surface area contributed by atoms with Gasteiger partial charge in [0, 0.05) is 0 Å². The minimum atomic E-state index is -5.48. The maximum atomic E-state index is 12.4. The van der Waals surface area contributed by atoms with Crippen LogP contribution in [0.5, 0.6) is 0 Å². The molecule has 0 spiro atoms. The summed E-state index contributed by atoms with van der Waals surface area (Å²) in [4.78, 5) is 3.45. The summed E-state index contributed by atoms with van der Waals surface area (Å²) < 4.78 is 79.2. The molecular formula is C10H12F6N2O. The third-order valence-electron chi connectivity index (χ3n) is 2.36. The molecule has 0 aliphatic rings. The van der Waals surface area contributed by atoms with E-state index in [1.807, 2.05) is 0 Å². The first-order valence-electron chi connectivity index (χ1n) is 5.39. The Morgan fingerprint density at radius 3 is 2.16 bits per heavy atom. The summed E-state index contributed by atoms with van der Waals surface area (Å²) in [5.41, 5.74) is 0. The van der Waals surface area contributed by atoms with Crippen molar-refractivity contribution in [2.75, 3.05) is 6.54 Å². The molecule has 0 aliphatic carbocycles. The van der Waals surface area contributed by atoms with Gasteiger partial charge in [0.1, 0.15) is 5.76 Å². The number of hydrogen-bond donors (Lipinski definition) is 1. The van der Waals surface area contributed by atoms with E-state index < -0.39 is 30.1 Å². The zero-order valence-electron chi connectivity index (χ0n) is 10.1. The summed E-state index contributed by atoms with van der Waals surface area (Å²) >= 11 is 0. The second-order valence-electron chi connectivity index (χ2n) is 3.90. The molecule has 1 unspecified atom stereocenters.